The summed E-state index contributed by atoms with van der Waals surface area (Å²) in [5.41, 5.74) is 0.910. The Labute approximate surface area is 178 Å². The highest BCUT2D eigenvalue weighted by atomic mass is 19.4. The fourth-order valence-corrected chi connectivity index (χ4v) is 3.44. The predicted octanol–water partition coefficient (Wildman–Crippen LogP) is 4.45. The molecule has 0 radical (unpaired) electrons. The van der Waals surface area contributed by atoms with Gasteiger partial charge in [0.25, 0.3) is 5.91 Å². The molecule has 1 amide bonds. The van der Waals surface area contributed by atoms with Crippen molar-refractivity contribution in [2.75, 3.05) is 11.5 Å². The van der Waals surface area contributed by atoms with E-state index in [0.717, 1.165) is 16.8 Å². The van der Waals surface area contributed by atoms with Crippen LogP contribution in [0.1, 0.15) is 16.1 Å². The number of hydrogen-bond donors (Lipinski definition) is 0. The number of fused-ring (bicyclic) bond motifs is 1. The van der Waals surface area contributed by atoms with Crippen molar-refractivity contribution in [3.8, 4) is 23.1 Å². The molecular weight excluding hydrogens is 435 g/mol. The second-order valence-electron chi connectivity index (χ2n) is 6.90. The van der Waals surface area contributed by atoms with Gasteiger partial charge in [-0.3, -0.25) is 4.79 Å². The van der Waals surface area contributed by atoms with E-state index in [1.54, 1.807) is 0 Å². The number of carbonyl (C=O) groups is 1. The molecule has 0 bridgehead atoms. The third-order valence-electron chi connectivity index (χ3n) is 4.76. The van der Waals surface area contributed by atoms with Gasteiger partial charge in [0.05, 0.1) is 12.6 Å². The first-order valence-electron chi connectivity index (χ1n) is 9.21. The highest BCUT2D eigenvalue weighted by Gasteiger charge is 2.37. The van der Waals surface area contributed by atoms with E-state index in [9.17, 15) is 26.7 Å². The molecule has 6 nitrogen and oxygen atoms in total. The molecule has 2 aromatic carbocycles. The van der Waals surface area contributed by atoms with Gasteiger partial charge in [-0.15, -0.1) is 0 Å². The second-order valence-corrected chi connectivity index (χ2v) is 6.90. The standard InChI is InChI=1S/C21H13F5N4O2/c22-12-1-4-14(5-2-12)29-10-16-18(28-30(8-7-27)19(16)20(29)31)15-6-3-13(23)9-17(15)32-11-21(24,25)26/h1-6,9H,8,10-11H2. The fourth-order valence-electron chi connectivity index (χ4n) is 3.44. The number of nitrogens with zero attached hydrogens (tertiary/aromatic N) is 4. The van der Waals surface area contributed by atoms with Crippen LogP contribution >= 0.6 is 0 Å². The Morgan fingerprint density at radius 3 is 2.44 bits per heavy atom. The summed E-state index contributed by atoms with van der Waals surface area (Å²) in [7, 11) is 0. The van der Waals surface area contributed by atoms with E-state index in [4.69, 9.17) is 10.00 Å². The summed E-state index contributed by atoms with van der Waals surface area (Å²) in [5.74, 6) is -2.23. The average Bonchev–Trinajstić information content (AvgIpc) is 3.25. The number of halogens is 5. The van der Waals surface area contributed by atoms with Gasteiger partial charge >= 0.3 is 6.18 Å². The first-order valence-corrected chi connectivity index (χ1v) is 9.21. The van der Waals surface area contributed by atoms with E-state index in [1.807, 2.05) is 6.07 Å². The van der Waals surface area contributed by atoms with Crippen molar-refractivity contribution in [3.05, 3.63) is 65.4 Å². The lowest BCUT2D eigenvalue weighted by atomic mass is 10.1. The zero-order valence-electron chi connectivity index (χ0n) is 16.2. The van der Waals surface area contributed by atoms with Crippen LogP contribution in [0, 0.1) is 23.0 Å². The van der Waals surface area contributed by atoms with E-state index >= 15 is 0 Å². The van der Waals surface area contributed by atoms with Crippen LogP contribution in [0.4, 0.5) is 27.6 Å². The Kier molecular flexibility index (Phi) is 5.30. The highest BCUT2D eigenvalue weighted by molar-refractivity contribution is 6.10. The molecule has 0 atom stereocenters. The molecule has 11 heteroatoms. The first-order chi connectivity index (χ1) is 15.2. The van der Waals surface area contributed by atoms with Gasteiger partial charge in [0.2, 0.25) is 0 Å². The molecule has 0 spiro atoms. The highest BCUT2D eigenvalue weighted by Crippen LogP contribution is 2.39. The molecule has 1 aliphatic rings. The predicted molar refractivity (Wildman–Crippen MR) is 102 cm³/mol. The van der Waals surface area contributed by atoms with Crippen LogP contribution in [0.15, 0.2) is 42.5 Å². The van der Waals surface area contributed by atoms with Crippen LogP contribution in [0.2, 0.25) is 0 Å². The van der Waals surface area contributed by atoms with Crippen LogP contribution < -0.4 is 9.64 Å². The van der Waals surface area contributed by atoms with Crippen molar-refractivity contribution in [3.63, 3.8) is 0 Å². The van der Waals surface area contributed by atoms with Crippen molar-refractivity contribution in [2.45, 2.75) is 19.3 Å². The number of hydrogen-bond acceptors (Lipinski definition) is 4. The van der Waals surface area contributed by atoms with Gasteiger partial charge in [-0.1, -0.05) is 0 Å². The molecule has 1 aromatic heterocycles. The lowest BCUT2D eigenvalue weighted by molar-refractivity contribution is -0.153. The summed E-state index contributed by atoms with van der Waals surface area (Å²) in [6, 6.07) is 10.0. The van der Waals surface area contributed by atoms with Gasteiger partial charge in [-0.2, -0.15) is 23.5 Å². The van der Waals surface area contributed by atoms with E-state index in [-0.39, 0.29) is 30.0 Å². The lowest BCUT2D eigenvalue weighted by Gasteiger charge is -2.17. The number of rotatable bonds is 5. The monoisotopic (exact) mass is 448 g/mol. The van der Waals surface area contributed by atoms with Gasteiger partial charge in [-0.05, 0) is 36.4 Å². The molecule has 0 fully saturated rings. The summed E-state index contributed by atoms with van der Waals surface area (Å²) in [5, 5.41) is 13.3. The summed E-state index contributed by atoms with van der Waals surface area (Å²) in [6.07, 6.45) is -4.65. The summed E-state index contributed by atoms with van der Waals surface area (Å²) >= 11 is 0. The molecular formula is C21H13F5N4O2. The van der Waals surface area contributed by atoms with Crippen molar-refractivity contribution >= 4 is 11.6 Å². The molecule has 0 aliphatic carbocycles. The van der Waals surface area contributed by atoms with Crippen LogP contribution in [-0.2, 0) is 13.1 Å². The first kappa shape index (κ1) is 21.3. The maximum Gasteiger partial charge on any atom is 0.422 e. The molecule has 4 rings (SSSR count). The zero-order valence-corrected chi connectivity index (χ0v) is 16.2. The number of aromatic nitrogens is 2. The van der Waals surface area contributed by atoms with E-state index in [2.05, 4.69) is 5.10 Å². The molecule has 164 valence electrons. The van der Waals surface area contributed by atoms with Gasteiger partial charge in [0.15, 0.2) is 6.61 Å². The topological polar surface area (TPSA) is 71.1 Å². The minimum Gasteiger partial charge on any atom is -0.483 e. The number of nitriles is 1. The number of amides is 1. The van der Waals surface area contributed by atoms with Crippen LogP contribution in [0.3, 0.4) is 0 Å². The fraction of sp³-hybridized carbons (Fsp3) is 0.190. The van der Waals surface area contributed by atoms with E-state index in [1.165, 1.54) is 35.2 Å². The lowest BCUT2D eigenvalue weighted by Crippen LogP contribution is -2.25. The number of carbonyl (C=O) groups excluding carboxylic acids is 1. The SMILES string of the molecule is N#CCn1nc(-c2ccc(F)cc2OCC(F)(F)F)c2c1C(=O)N(c1ccc(F)cc1)C2. The summed E-state index contributed by atoms with van der Waals surface area (Å²) < 4.78 is 70.9. The van der Waals surface area contributed by atoms with Gasteiger partial charge in [-0.25, -0.2) is 13.5 Å². The quantitative estimate of drug-likeness (QED) is 0.541. The normalized spacial score (nSPS) is 13.2. The Hall–Kier alpha value is -3.94. The number of ether oxygens (including phenoxy) is 1. The second kappa shape index (κ2) is 7.96. The summed E-state index contributed by atoms with van der Waals surface area (Å²) in [4.78, 5) is 14.4. The number of benzene rings is 2. The Bertz CT molecular complexity index is 1230. The Morgan fingerprint density at radius 1 is 1.09 bits per heavy atom. The average molecular weight is 448 g/mol. The Balaban J connectivity index is 1.80. The number of alkyl halides is 3. The molecule has 0 unspecified atom stereocenters. The van der Waals surface area contributed by atoms with Crippen LogP contribution in [0.25, 0.3) is 11.3 Å². The third kappa shape index (κ3) is 3.99. The Morgan fingerprint density at radius 2 is 1.78 bits per heavy atom. The van der Waals surface area contributed by atoms with Crippen molar-refractivity contribution in [1.29, 1.82) is 5.26 Å². The molecule has 0 saturated carbocycles. The summed E-state index contributed by atoms with van der Waals surface area (Å²) in [6.45, 7) is -1.98. The largest absolute Gasteiger partial charge is 0.483 e. The smallest absolute Gasteiger partial charge is 0.422 e. The molecule has 1 aliphatic heterocycles. The van der Waals surface area contributed by atoms with E-state index < -0.39 is 36.1 Å². The van der Waals surface area contributed by atoms with Crippen molar-refractivity contribution < 1.29 is 31.5 Å². The minimum atomic E-state index is -4.65. The minimum absolute atomic E-state index is 0.0311. The van der Waals surface area contributed by atoms with Crippen LogP contribution in [-0.4, -0.2) is 28.5 Å². The van der Waals surface area contributed by atoms with Gasteiger partial charge < -0.3 is 9.64 Å². The molecule has 2 heterocycles. The van der Waals surface area contributed by atoms with E-state index in [0.29, 0.717) is 11.3 Å². The molecule has 0 N–H and O–H groups in total. The number of anilines is 1. The molecule has 0 saturated heterocycles. The van der Waals surface area contributed by atoms with Crippen molar-refractivity contribution in [2.24, 2.45) is 0 Å². The van der Waals surface area contributed by atoms with Gasteiger partial charge in [0, 0.05) is 22.9 Å². The zero-order chi connectivity index (χ0) is 23.0. The molecule has 3 aromatic rings. The van der Waals surface area contributed by atoms with Crippen LogP contribution in [0.5, 0.6) is 5.75 Å². The van der Waals surface area contributed by atoms with Gasteiger partial charge in [0.1, 0.15) is 35.3 Å². The maximum atomic E-state index is 13.7. The molecule has 32 heavy (non-hydrogen) atoms. The third-order valence-corrected chi connectivity index (χ3v) is 4.76. The maximum absolute atomic E-state index is 13.7. The van der Waals surface area contributed by atoms with Crippen molar-refractivity contribution in [1.82, 2.24) is 9.78 Å².